The molecule has 636 valence electrons. The summed E-state index contributed by atoms with van der Waals surface area (Å²) in [7, 11) is -11.8. The molecule has 6 heterocycles. The SMILES string of the molecule is CCc1cc(O)c(F)cc1-c1ccc2c(-c3nc(CN)cn3COCC[Si](C)(C)C)nn(COCC[Si](C)(C)C)c2c1.CCc1cc(O)c(F)cc1-c1ccc2c(-c3nc(CNS(C)(=O)=O)cn3COCC[Si](C)(C)C)nn(COCC[Si](C)(C)C)c2c1.CCc1cc(O)c(F)cc1-c1ccc2c(-c3ncc(CNS(C)(=O)=O)[nH]3)n[nH]c2c1. The number of nitrogens with zero attached hydrogens (tertiary/aromatic N) is 10. The quantitative estimate of drug-likeness (QED) is 0.0134. The largest absolute Gasteiger partial charge is 0.505 e. The van der Waals surface area contributed by atoms with Crippen LogP contribution >= 0.6 is 0 Å². The van der Waals surface area contributed by atoms with Gasteiger partial charge in [-0.25, -0.2) is 63.8 Å². The number of phenolic OH excluding ortho intramolecular Hbond substituents is 3. The van der Waals surface area contributed by atoms with Crippen LogP contribution in [-0.4, -0.2) is 162 Å². The summed E-state index contributed by atoms with van der Waals surface area (Å²) in [5.74, 6) is -1.32. The van der Waals surface area contributed by atoms with Crippen molar-refractivity contribution in [3.8, 4) is 85.2 Å². The second-order valence-corrected chi connectivity index (χ2v) is 60.7. The Hall–Kier alpha value is -8.96. The Balaban J connectivity index is 0.000000190. The minimum atomic E-state index is -3.43. The summed E-state index contributed by atoms with van der Waals surface area (Å²) < 4.78 is 126. The van der Waals surface area contributed by atoms with Crippen LogP contribution in [0.4, 0.5) is 13.2 Å². The number of nitrogens with one attached hydrogen (secondary N) is 4. The van der Waals surface area contributed by atoms with Gasteiger partial charge in [-0.15, -0.1) is 0 Å². The predicted octanol–water partition coefficient (Wildman–Crippen LogP) is 16.8. The van der Waals surface area contributed by atoms with Gasteiger partial charge in [0.2, 0.25) is 20.0 Å². The maximum Gasteiger partial charge on any atom is 0.209 e. The molecule has 0 aliphatic rings. The first-order valence-electron chi connectivity index (χ1n) is 39.6. The van der Waals surface area contributed by atoms with Crippen molar-refractivity contribution in [3.05, 3.63) is 161 Å². The Morgan fingerprint density at radius 3 is 1.25 bits per heavy atom. The van der Waals surface area contributed by atoms with E-state index in [0.717, 1.165) is 114 Å². The van der Waals surface area contributed by atoms with Gasteiger partial charge in [-0.05, 0) is 166 Å². The van der Waals surface area contributed by atoms with Gasteiger partial charge in [0.25, 0.3) is 0 Å². The zero-order chi connectivity index (χ0) is 86.0. The number of H-pyrrole nitrogens is 2. The molecule has 0 unspecified atom stereocenters. The number of nitrogens with two attached hydrogens (primary N) is 1. The summed E-state index contributed by atoms with van der Waals surface area (Å²) in [6.45, 7) is 37.8. The molecule has 118 heavy (non-hydrogen) atoms. The van der Waals surface area contributed by atoms with Gasteiger partial charge in [-0.3, -0.25) is 5.10 Å². The van der Waals surface area contributed by atoms with E-state index in [0.29, 0.717) is 116 Å². The summed E-state index contributed by atoms with van der Waals surface area (Å²) in [5, 5.41) is 49.4. The monoisotopic (exact) mass is 1730 g/mol. The van der Waals surface area contributed by atoms with Crippen LogP contribution in [0.15, 0.2) is 110 Å². The second kappa shape index (κ2) is 38.6. The molecule has 6 aromatic carbocycles. The van der Waals surface area contributed by atoms with Crippen molar-refractivity contribution in [2.24, 2.45) is 5.73 Å². The number of imidazole rings is 3. The van der Waals surface area contributed by atoms with Crippen molar-refractivity contribution in [1.82, 2.24) is 68.3 Å². The van der Waals surface area contributed by atoms with Crippen molar-refractivity contribution < 1.29 is 64.3 Å². The number of ether oxygens (including phenoxy) is 4. The van der Waals surface area contributed by atoms with Crippen molar-refractivity contribution in [1.29, 1.82) is 0 Å². The predicted molar refractivity (Wildman–Crippen MR) is 473 cm³/mol. The first-order valence-corrected chi connectivity index (χ1v) is 58.2. The van der Waals surface area contributed by atoms with Crippen molar-refractivity contribution >= 4 is 85.1 Å². The minimum Gasteiger partial charge on any atom is -0.505 e. The third kappa shape index (κ3) is 24.9. The average Bonchev–Trinajstić information content (AvgIpc) is 1.61. The second-order valence-electron chi connectivity index (χ2n) is 34.5. The minimum absolute atomic E-state index is 0.0303. The van der Waals surface area contributed by atoms with E-state index in [-0.39, 0.29) is 50.5 Å². The lowest BCUT2D eigenvalue weighted by Crippen LogP contribution is -2.22. The molecule has 26 nitrogen and oxygen atoms in total. The molecule has 12 aromatic rings. The van der Waals surface area contributed by atoms with Gasteiger partial charge in [0, 0.05) is 93.8 Å². The third-order valence-electron chi connectivity index (χ3n) is 19.7. The Kier molecular flexibility index (Phi) is 29.9. The van der Waals surface area contributed by atoms with E-state index in [2.05, 4.69) is 108 Å². The lowest BCUT2D eigenvalue weighted by molar-refractivity contribution is 0.0815. The van der Waals surface area contributed by atoms with E-state index in [4.69, 9.17) is 44.8 Å². The average molecular weight is 1730 g/mol. The van der Waals surface area contributed by atoms with Crippen LogP contribution in [0.2, 0.25) is 103 Å². The number of hydrogen-bond donors (Lipinski definition) is 8. The molecule has 12 rings (SSSR count). The molecule has 0 spiro atoms. The van der Waals surface area contributed by atoms with Crippen LogP contribution in [-0.2, 0) is 105 Å². The van der Waals surface area contributed by atoms with E-state index in [1.165, 1.54) is 36.4 Å². The highest BCUT2D eigenvalue weighted by molar-refractivity contribution is 7.89. The summed E-state index contributed by atoms with van der Waals surface area (Å²) in [4.78, 5) is 17.0. The fourth-order valence-corrected chi connectivity index (χ4v) is 16.8. The summed E-state index contributed by atoms with van der Waals surface area (Å²) >= 11 is 0. The van der Waals surface area contributed by atoms with E-state index in [1.54, 1.807) is 17.1 Å². The smallest absolute Gasteiger partial charge is 0.209 e. The number of aryl methyl sites for hydroxylation is 3. The van der Waals surface area contributed by atoms with E-state index in [9.17, 15) is 45.3 Å². The Morgan fingerprint density at radius 2 is 0.856 bits per heavy atom. The molecule has 35 heteroatoms. The van der Waals surface area contributed by atoms with Gasteiger partial charge in [0.05, 0.1) is 65.4 Å². The number of rotatable bonds is 36. The van der Waals surface area contributed by atoms with Gasteiger partial charge >= 0.3 is 0 Å². The van der Waals surface area contributed by atoms with Crippen LogP contribution in [0.25, 0.3) is 101 Å². The van der Waals surface area contributed by atoms with Gasteiger partial charge < -0.3 is 54.1 Å². The molecule has 0 radical (unpaired) electrons. The number of aromatic hydroxyl groups is 3. The summed E-state index contributed by atoms with van der Waals surface area (Å²) in [6.07, 6.45) is 9.39. The number of aromatic amines is 2. The molecular weight excluding hydrogens is 1620 g/mol. The lowest BCUT2D eigenvalue weighted by atomic mass is 9.96. The molecule has 0 atom stereocenters. The maximum atomic E-state index is 14.5. The molecular formula is C83H114F3N15O11S2Si4. The van der Waals surface area contributed by atoms with Crippen LogP contribution in [0.1, 0.15) is 54.5 Å². The molecule has 0 fully saturated rings. The zero-order valence-corrected chi connectivity index (χ0v) is 76.4. The van der Waals surface area contributed by atoms with Crippen molar-refractivity contribution in [2.45, 2.75) is 189 Å². The van der Waals surface area contributed by atoms with Crippen molar-refractivity contribution in [3.63, 3.8) is 0 Å². The number of sulfonamides is 2. The number of phenols is 3. The topological polar surface area (TPSA) is 345 Å². The fourth-order valence-electron chi connectivity index (χ4n) is 12.9. The Bertz CT molecular complexity index is 5750. The Morgan fingerprint density at radius 1 is 0.483 bits per heavy atom. The first-order chi connectivity index (χ1) is 55.5. The third-order valence-corrected chi connectivity index (χ3v) is 27.9. The molecule has 0 amide bonds. The summed E-state index contributed by atoms with van der Waals surface area (Å²) in [5.41, 5.74) is 19.3. The van der Waals surface area contributed by atoms with Gasteiger partial charge in [0.15, 0.2) is 52.2 Å². The normalized spacial score (nSPS) is 12.5. The van der Waals surface area contributed by atoms with Crippen LogP contribution in [0.3, 0.4) is 0 Å². The molecule has 0 aliphatic carbocycles. The van der Waals surface area contributed by atoms with Gasteiger partial charge in [0.1, 0.15) is 44.0 Å². The molecule has 0 aliphatic heterocycles. The number of fused-ring (bicyclic) bond motifs is 3. The van der Waals surface area contributed by atoms with Gasteiger partial charge in [-0.1, -0.05) is 118 Å². The van der Waals surface area contributed by atoms with Gasteiger partial charge in [-0.2, -0.15) is 15.3 Å². The van der Waals surface area contributed by atoms with E-state index in [1.807, 2.05) is 95.4 Å². The zero-order valence-electron chi connectivity index (χ0n) is 70.7. The highest BCUT2D eigenvalue weighted by Gasteiger charge is 2.26. The molecule has 9 N–H and O–H groups in total. The van der Waals surface area contributed by atoms with Crippen LogP contribution < -0.4 is 15.2 Å². The Labute approximate surface area is 693 Å². The fraction of sp³-hybridized carbons (Fsp3) is 0.422. The molecule has 0 saturated carbocycles. The number of halogens is 3. The molecule has 0 saturated heterocycles. The maximum absolute atomic E-state index is 14.5. The van der Waals surface area contributed by atoms with Crippen LogP contribution in [0.5, 0.6) is 17.2 Å². The van der Waals surface area contributed by atoms with E-state index < -0.39 is 69.8 Å². The number of benzene rings is 6. The van der Waals surface area contributed by atoms with Crippen molar-refractivity contribution in [2.75, 3.05) is 38.9 Å². The first kappa shape index (κ1) is 91.3. The molecule has 0 bridgehead atoms. The number of aromatic nitrogens is 12. The highest BCUT2D eigenvalue weighted by atomic mass is 32.2. The highest BCUT2D eigenvalue weighted by Crippen LogP contribution is 2.39. The van der Waals surface area contributed by atoms with Crippen LogP contribution in [0, 0.1) is 17.5 Å². The number of hydrogen-bond acceptors (Lipinski definition) is 18. The van der Waals surface area contributed by atoms with E-state index >= 15 is 0 Å². The standard InChI is InChI=1S/C32H48FN5O5SSi2.C31H46FN5O3Si2.C20H20FN5O3S/c1-9-23-17-30(39)28(33)18-27(23)24-10-11-26-29(16-24)38(22-43-13-15-46(6,7)8)36-31(26)32-35-25(19-34-44(2,40)41)20-37(32)21-42-12-14-45(3,4)5;1-8-22-16-29(38)27(32)17-26(22)23-9-10-25-28(15-23)37(21-40-12-14-42(5,6)7)35-30(25)31-34-24(18-33)19-36(31)20-39-11-13-41(2,3)4;1-3-11-7-18(27)16(21)8-15(11)12-4-5-14-17(6-12)25-26-19(14)20-22-9-13(24-20)10-23-30(2,28)29/h10-11,16-18,20,34,39H,9,12-15,19,21-22H2,1-8H3;9-10,15-17,19,38H,8,11-14,18,20-21,33H2,1-7H3;4-9,23,27H,3,10H2,1-2H3,(H,22,24)(H,25,26). The molecule has 6 aromatic heterocycles. The summed E-state index contributed by atoms with van der Waals surface area (Å²) in [6, 6.07) is 30.1. The lowest BCUT2D eigenvalue weighted by Gasteiger charge is -2.16.